The Morgan fingerprint density at radius 2 is 1.88 bits per heavy atom. The molecule has 9 heteroatoms. The number of furan rings is 1. The lowest BCUT2D eigenvalue weighted by Crippen LogP contribution is -2.09. The van der Waals surface area contributed by atoms with Gasteiger partial charge in [-0.3, -0.25) is 0 Å². The Morgan fingerprint density at radius 3 is 2.62 bits per heavy atom. The number of nitrogens with one attached hydrogen (secondary N) is 1. The average Bonchev–Trinajstić information content (AvgIpc) is 3.23. The number of fused-ring (bicyclic) bond motifs is 1. The topological polar surface area (TPSA) is 133 Å². The summed E-state index contributed by atoms with van der Waals surface area (Å²) in [5, 5.41) is 7.35. The fourth-order valence-corrected chi connectivity index (χ4v) is 2.21. The highest BCUT2D eigenvalue weighted by Gasteiger charge is 2.13. The normalized spacial score (nSPS) is 11.0. The summed E-state index contributed by atoms with van der Waals surface area (Å²) in [7, 11) is 0. The third-order valence-electron chi connectivity index (χ3n) is 3.41. The molecule has 1 aromatic carbocycles. The zero-order valence-corrected chi connectivity index (χ0v) is 12.5. The summed E-state index contributed by atoms with van der Waals surface area (Å²) >= 11 is 0. The van der Waals surface area contributed by atoms with E-state index < -0.39 is 0 Å². The first-order chi connectivity index (χ1) is 11.7. The van der Waals surface area contributed by atoms with Crippen molar-refractivity contribution in [2.75, 3.05) is 16.8 Å². The molecule has 24 heavy (non-hydrogen) atoms. The number of hydrogen-bond acceptors (Lipinski definition) is 8. The Kier molecular flexibility index (Phi) is 3.23. The SMILES string of the molecule is Nc1ccc(CNc2nc(N)n3nc(-c4ccco4)nc3n2)cc1. The summed E-state index contributed by atoms with van der Waals surface area (Å²) < 4.78 is 6.65. The van der Waals surface area contributed by atoms with Crippen LogP contribution < -0.4 is 16.8 Å². The van der Waals surface area contributed by atoms with Gasteiger partial charge >= 0.3 is 0 Å². The predicted molar refractivity (Wildman–Crippen MR) is 88.9 cm³/mol. The van der Waals surface area contributed by atoms with Crippen molar-refractivity contribution < 1.29 is 4.42 Å². The molecular weight excluding hydrogens is 308 g/mol. The van der Waals surface area contributed by atoms with E-state index in [-0.39, 0.29) is 5.95 Å². The molecule has 0 radical (unpaired) electrons. The minimum Gasteiger partial charge on any atom is -0.461 e. The Labute approximate surface area is 136 Å². The maximum atomic E-state index is 5.93. The molecule has 0 amide bonds. The van der Waals surface area contributed by atoms with E-state index in [1.54, 1.807) is 18.4 Å². The second-order valence-corrected chi connectivity index (χ2v) is 5.13. The van der Waals surface area contributed by atoms with E-state index in [1.807, 2.05) is 24.3 Å². The van der Waals surface area contributed by atoms with Crippen molar-refractivity contribution in [3.8, 4) is 11.6 Å². The quantitative estimate of drug-likeness (QED) is 0.482. The van der Waals surface area contributed by atoms with E-state index >= 15 is 0 Å². The highest BCUT2D eigenvalue weighted by atomic mass is 16.3. The molecule has 4 aromatic rings. The molecule has 3 aromatic heterocycles. The van der Waals surface area contributed by atoms with Crippen LogP contribution in [0.25, 0.3) is 17.4 Å². The van der Waals surface area contributed by atoms with Crippen molar-refractivity contribution in [1.82, 2.24) is 24.6 Å². The van der Waals surface area contributed by atoms with Crippen molar-refractivity contribution >= 4 is 23.4 Å². The fourth-order valence-electron chi connectivity index (χ4n) is 2.21. The molecule has 3 heterocycles. The lowest BCUT2D eigenvalue weighted by molar-refractivity contribution is 0.577. The molecule has 0 aliphatic heterocycles. The summed E-state index contributed by atoms with van der Waals surface area (Å²) in [4.78, 5) is 12.8. The number of aromatic nitrogens is 5. The van der Waals surface area contributed by atoms with Gasteiger partial charge in [0.25, 0.3) is 5.78 Å². The Hall–Kier alpha value is -3.62. The van der Waals surface area contributed by atoms with Crippen LogP contribution in [0.5, 0.6) is 0 Å². The molecule has 5 N–H and O–H groups in total. The van der Waals surface area contributed by atoms with Gasteiger partial charge in [-0.2, -0.15) is 19.5 Å². The van der Waals surface area contributed by atoms with Crippen LogP contribution in [0, 0.1) is 0 Å². The molecule has 120 valence electrons. The van der Waals surface area contributed by atoms with Gasteiger partial charge in [-0.15, -0.1) is 5.10 Å². The van der Waals surface area contributed by atoms with E-state index in [4.69, 9.17) is 15.9 Å². The standard InChI is InChI=1S/C15H14N8O/c16-10-5-3-9(4-6-10)8-18-14-20-13(17)23-15(21-14)19-12(22-23)11-2-1-7-24-11/h1-7H,8,16H2,(H3,17,18,19,20,21,22). The van der Waals surface area contributed by atoms with Crippen LogP contribution in [0.3, 0.4) is 0 Å². The van der Waals surface area contributed by atoms with Gasteiger partial charge in [-0.05, 0) is 29.8 Å². The van der Waals surface area contributed by atoms with E-state index in [9.17, 15) is 0 Å². The third kappa shape index (κ3) is 2.58. The predicted octanol–water partition coefficient (Wildman–Crippen LogP) is 1.56. The first-order valence-corrected chi connectivity index (χ1v) is 7.21. The molecule has 0 atom stereocenters. The smallest absolute Gasteiger partial charge is 0.259 e. The Morgan fingerprint density at radius 1 is 1.04 bits per heavy atom. The van der Waals surface area contributed by atoms with Crippen molar-refractivity contribution in [3.63, 3.8) is 0 Å². The minimum atomic E-state index is 0.185. The van der Waals surface area contributed by atoms with Gasteiger partial charge in [0, 0.05) is 12.2 Å². The van der Waals surface area contributed by atoms with Crippen LogP contribution in [0.15, 0.2) is 47.1 Å². The number of hydrogen-bond donors (Lipinski definition) is 3. The van der Waals surface area contributed by atoms with Crippen LogP contribution in [0.2, 0.25) is 0 Å². The van der Waals surface area contributed by atoms with Gasteiger partial charge in [0.2, 0.25) is 17.7 Å². The van der Waals surface area contributed by atoms with Crippen molar-refractivity contribution in [1.29, 1.82) is 0 Å². The molecule has 0 bridgehead atoms. The van der Waals surface area contributed by atoms with Crippen LogP contribution in [0.1, 0.15) is 5.56 Å². The summed E-state index contributed by atoms with van der Waals surface area (Å²) in [6.45, 7) is 0.537. The Bertz CT molecular complexity index is 975. The molecular formula is C15H14N8O. The number of benzene rings is 1. The van der Waals surface area contributed by atoms with Crippen molar-refractivity contribution in [3.05, 3.63) is 48.2 Å². The maximum absolute atomic E-state index is 5.93. The van der Waals surface area contributed by atoms with Crippen LogP contribution in [0.4, 0.5) is 17.6 Å². The first kappa shape index (κ1) is 14.0. The summed E-state index contributed by atoms with van der Waals surface area (Å²) in [6.07, 6.45) is 1.55. The second kappa shape index (κ2) is 5.54. The number of nitrogens with two attached hydrogens (primary N) is 2. The molecule has 0 saturated carbocycles. The lowest BCUT2D eigenvalue weighted by Gasteiger charge is -2.06. The van der Waals surface area contributed by atoms with Crippen LogP contribution in [-0.4, -0.2) is 24.6 Å². The van der Waals surface area contributed by atoms with Gasteiger partial charge in [0.05, 0.1) is 6.26 Å². The van der Waals surface area contributed by atoms with Crippen LogP contribution >= 0.6 is 0 Å². The second-order valence-electron chi connectivity index (χ2n) is 5.13. The molecule has 0 saturated heterocycles. The zero-order chi connectivity index (χ0) is 16.5. The molecule has 9 nitrogen and oxygen atoms in total. The fraction of sp³-hybridized carbons (Fsp3) is 0.0667. The molecule has 0 aliphatic carbocycles. The number of nitrogens with zero attached hydrogens (tertiary/aromatic N) is 5. The Balaban J connectivity index is 1.61. The maximum Gasteiger partial charge on any atom is 0.259 e. The summed E-state index contributed by atoms with van der Waals surface area (Å²) in [5.74, 6) is 1.84. The van der Waals surface area contributed by atoms with E-state index in [1.165, 1.54) is 4.52 Å². The van der Waals surface area contributed by atoms with Gasteiger partial charge in [-0.1, -0.05) is 12.1 Å². The highest BCUT2D eigenvalue weighted by Crippen LogP contribution is 2.17. The monoisotopic (exact) mass is 322 g/mol. The molecule has 0 fully saturated rings. The van der Waals surface area contributed by atoms with E-state index in [0.717, 1.165) is 11.3 Å². The van der Waals surface area contributed by atoms with Crippen LogP contribution in [-0.2, 0) is 6.54 Å². The molecule has 0 spiro atoms. The lowest BCUT2D eigenvalue weighted by atomic mass is 10.2. The average molecular weight is 322 g/mol. The number of rotatable bonds is 4. The molecule has 0 unspecified atom stereocenters. The third-order valence-corrected chi connectivity index (χ3v) is 3.41. The number of nitrogen functional groups attached to an aromatic ring is 2. The van der Waals surface area contributed by atoms with E-state index in [0.29, 0.717) is 29.9 Å². The van der Waals surface area contributed by atoms with Crippen molar-refractivity contribution in [2.24, 2.45) is 0 Å². The van der Waals surface area contributed by atoms with Crippen molar-refractivity contribution in [2.45, 2.75) is 6.54 Å². The highest BCUT2D eigenvalue weighted by molar-refractivity contribution is 5.52. The zero-order valence-electron chi connectivity index (χ0n) is 12.5. The van der Waals surface area contributed by atoms with Gasteiger partial charge in [-0.25, -0.2) is 0 Å². The van der Waals surface area contributed by atoms with E-state index in [2.05, 4.69) is 25.4 Å². The minimum absolute atomic E-state index is 0.185. The molecule has 4 rings (SSSR count). The van der Waals surface area contributed by atoms with Gasteiger partial charge in [0.15, 0.2) is 5.76 Å². The summed E-state index contributed by atoms with van der Waals surface area (Å²) in [6, 6.07) is 11.0. The summed E-state index contributed by atoms with van der Waals surface area (Å²) in [5.41, 5.74) is 13.4. The first-order valence-electron chi connectivity index (χ1n) is 7.21. The van der Waals surface area contributed by atoms with Gasteiger partial charge < -0.3 is 21.2 Å². The van der Waals surface area contributed by atoms with Gasteiger partial charge in [0.1, 0.15) is 0 Å². The number of anilines is 3. The molecule has 0 aliphatic rings. The largest absolute Gasteiger partial charge is 0.461 e.